The molecule has 0 bridgehead atoms. The number of aromatic hydroxyl groups is 1. The van der Waals surface area contributed by atoms with Gasteiger partial charge in [0.2, 0.25) is 0 Å². The molecule has 1 saturated carbocycles. The summed E-state index contributed by atoms with van der Waals surface area (Å²) < 4.78 is 51.3. The fourth-order valence-corrected chi connectivity index (χ4v) is 1.86. The Bertz CT molecular complexity index is 440. The molecule has 0 aromatic heterocycles. The predicted octanol–water partition coefficient (Wildman–Crippen LogP) is 2.96. The lowest BCUT2D eigenvalue weighted by Gasteiger charge is -2.19. The smallest absolute Gasteiger partial charge is 0.416 e. The molecule has 0 amide bonds. The molecule has 1 atom stereocenters. The van der Waals surface area contributed by atoms with Gasteiger partial charge in [0.15, 0.2) is 11.6 Å². The van der Waals surface area contributed by atoms with Gasteiger partial charge < -0.3 is 10.8 Å². The molecule has 0 aliphatic heterocycles. The number of hydrogen-bond acceptors (Lipinski definition) is 2. The van der Waals surface area contributed by atoms with Gasteiger partial charge in [-0.05, 0) is 30.9 Å². The normalized spacial score (nSPS) is 18.2. The van der Waals surface area contributed by atoms with Crippen LogP contribution in [0.25, 0.3) is 0 Å². The largest absolute Gasteiger partial charge is 0.505 e. The molecule has 94 valence electrons. The third-order valence-electron chi connectivity index (χ3n) is 2.94. The summed E-state index contributed by atoms with van der Waals surface area (Å²) >= 11 is 0. The van der Waals surface area contributed by atoms with E-state index < -0.39 is 34.9 Å². The van der Waals surface area contributed by atoms with E-state index in [1.54, 1.807) is 0 Å². The molecule has 2 nitrogen and oxygen atoms in total. The molecule has 1 aromatic rings. The number of phenolic OH excluding ortho intramolecular Hbond substituents is 1. The van der Waals surface area contributed by atoms with Crippen LogP contribution >= 0.6 is 0 Å². The van der Waals surface area contributed by atoms with Gasteiger partial charge in [0.05, 0.1) is 5.56 Å². The third kappa shape index (κ3) is 2.22. The second-order valence-corrected chi connectivity index (χ2v) is 4.22. The number of benzene rings is 1. The van der Waals surface area contributed by atoms with Crippen LogP contribution in [0, 0.1) is 11.7 Å². The molecule has 0 saturated heterocycles. The Morgan fingerprint density at radius 1 is 1.29 bits per heavy atom. The summed E-state index contributed by atoms with van der Waals surface area (Å²) in [5, 5.41) is 9.43. The topological polar surface area (TPSA) is 46.2 Å². The van der Waals surface area contributed by atoms with E-state index >= 15 is 0 Å². The van der Waals surface area contributed by atoms with Crippen molar-refractivity contribution < 1.29 is 22.7 Å². The zero-order valence-corrected chi connectivity index (χ0v) is 8.76. The maximum atomic E-state index is 13.1. The molecule has 2 rings (SSSR count). The van der Waals surface area contributed by atoms with Crippen LogP contribution in [0.5, 0.6) is 5.75 Å². The molecular formula is C11H11F4NO. The van der Waals surface area contributed by atoms with E-state index in [2.05, 4.69) is 0 Å². The van der Waals surface area contributed by atoms with Gasteiger partial charge in [0, 0.05) is 11.6 Å². The maximum absolute atomic E-state index is 13.1. The number of alkyl halides is 3. The highest BCUT2D eigenvalue weighted by atomic mass is 19.4. The monoisotopic (exact) mass is 249 g/mol. The van der Waals surface area contributed by atoms with Crippen LogP contribution in [0.4, 0.5) is 17.6 Å². The second-order valence-electron chi connectivity index (χ2n) is 4.22. The predicted molar refractivity (Wildman–Crippen MR) is 52.7 cm³/mol. The van der Waals surface area contributed by atoms with E-state index in [9.17, 15) is 22.7 Å². The Morgan fingerprint density at radius 2 is 1.88 bits per heavy atom. The van der Waals surface area contributed by atoms with Crippen LogP contribution in [0.3, 0.4) is 0 Å². The summed E-state index contributed by atoms with van der Waals surface area (Å²) in [5.74, 6) is -2.17. The second kappa shape index (κ2) is 3.87. The van der Waals surface area contributed by atoms with Crippen LogP contribution in [0.1, 0.15) is 30.0 Å². The molecule has 17 heavy (non-hydrogen) atoms. The van der Waals surface area contributed by atoms with Crippen molar-refractivity contribution >= 4 is 0 Å². The van der Waals surface area contributed by atoms with Gasteiger partial charge in [-0.2, -0.15) is 13.2 Å². The molecule has 1 aromatic carbocycles. The van der Waals surface area contributed by atoms with Crippen LogP contribution in [0.2, 0.25) is 0 Å². The molecular weight excluding hydrogens is 238 g/mol. The first kappa shape index (κ1) is 12.2. The molecule has 1 aliphatic rings. The van der Waals surface area contributed by atoms with Crippen molar-refractivity contribution in [3.63, 3.8) is 0 Å². The van der Waals surface area contributed by atoms with Crippen molar-refractivity contribution in [1.82, 2.24) is 0 Å². The summed E-state index contributed by atoms with van der Waals surface area (Å²) in [6.07, 6.45) is -3.24. The Hall–Kier alpha value is -1.30. The molecule has 3 N–H and O–H groups in total. The number of nitrogens with two attached hydrogens (primary N) is 1. The van der Waals surface area contributed by atoms with E-state index in [4.69, 9.17) is 5.73 Å². The number of halogens is 4. The van der Waals surface area contributed by atoms with Crippen molar-refractivity contribution in [3.05, 3.63) is 29.1 Å². The molecule has 1 aliphatic carbocycles. The Labute approximate surface area is 95.0 Å². The SMILES string of the molecule is N[C@H](c1c(C(F)(F)F)ccc(F)c1O)C1CC1. The lowest BCUT2D eigenvalue weighted by Crippen LogP contribution is -2.19. The van der Waals surface area contributed by atoms with Gasteiger partial charge in [0.25, 0.3) is 0 Å². The van der Waals surface area contributed by atoms with Crippen molar-refractivity contribution in [1.29, 1.82) is 0 Å². The zero-order chi connectivity index (χ0) is 12.8. The lowest BCUT2D eigenvalue weighted by molar-refractivity contribution is -0.138. The fraction of sp³-hybridized carbons (Fsp3) is 0.455. The lowest BCUT2D eigenvalue weighted by atomic mass is 9.96. The Balaban J connectivity index is 2.55. The van der Waals surface area contributed by atoms with Crippen LogP contribution in [-0.4, -0.2) is 5.11 Å². The minimum absolute atomic E-state index is 0.108. The molecule has 0 spiro atoms. The first-order valence-corrected chi connectivity index (χ1v) is 5.16. The molecule has 0 radical (unpaired) electrons. The maximum Gasteiger partial charge on any atom is 0.416 e. The van der Waals surface area contributed by atoms with E-state index in [-0.39, 0.29) is 5.92 Å². The van der Waals surface area contributed by atoms with Crippen molar-refractivity contribution in [2.24, 2.45) is 11.7 Å². The molecule has 1 fully saturated rings. The fourth-order valence-electron chi connectivity index (χ4n) is 1.86. The highest BCUT2D eigenvalue weighted by molar-refractivity contribution is 5.44. The summed E-state index contributed by atoms with van der Waals surface area (Å²) in [6.45, 7) is 0. The minimum atomic E-state index is -4.65. The molecule has 6 heteroatoms. The van der Waals surface area contributed by atoms with Crippen molar-refractivity contribution in [2.75, 3.05) is 0 Å². The van der Waals surface area contributed by atoms with Gasteiger partial charge in [-0.25, -0.2) is 4.39 Å². The number of rotatable bonds is 2. The third-order valence-corrected chi connectivity index (χ3v) is 2.94. The molecule has 0 unspecified atom stereocenters. The van der Waals surface area contributed by atoms with E-state index in [0.29, 0.717) is 25.0 Å². The van der Waals surface area contributed by atoms with Crippen LogP contribution < -0.4 is 5.73 Å². The quantitative estimate of drug-likeness (QED) is 0.791. The Kier molecular flexibility index (Phi) is 2.77. The van der Waals surface area contributed by atoms with Crippen LogP contribution in [-0.2, 0) is 6.18 Å². The number of phenols is 1. The van der Waals surface area contributed by atoms with Crippen molar-refractivity contribution in [2.45, 2.75) is 25.1 Å². The van der Waals surface area contributed by atoms with Gasteiger partial charge in [-0.3, -0.25) is 0 Å². The first-order chi connectivity index (χ1) is 7.82. The minimum Gasteiger partial charge on any atom is -0.505 e. The van der Waals surface area contributed by atoms with Gasteiger partial charge in [0.1, 0.15) is 0 Å². The molecule has 0 heterocycles. The first-order valence-electron chi connectivity index (χ1n) is 5.16. The van der Waals surface area contributed by atoms with Gasteiger partial charge in [-0.15, -0.1) is 0 Å². The van der Waals surface area contributed by atoms with E-state index in [1.165, 1.54) is 0 Å². The standard InChI is InChI=1S/C11H11F4NO/c12-7-4-3-6(11(13,14)15)8(10(7)17)9(16)5-1-2-5/h3-5,9,17H,1-2,16H2/t9-/m0/s1. The van der Waals surface area contributed by atoms with E-state index in [0.717, 1.165) is 0 Å². The van der Waals surface area contributed by atoms with Crippen molar-refractivity contribution in [3.8, 4) is 5.75 Å². The highest BCUT2D eigenvalue weighted by Crippen LogP contribution is 2.47. The highest BCUT2D eigenvalue weighted by Gasteiger charge is 2.40. The summed E-state index contributed by atoms with van der Waals surface area (Å²) in [4.78, 5) is 0. The number of hydrogen-bond donors (Lipinski definition) is 2. The van der Waals surface area contributed by atoms with E-state index in [1.807, 2.05) is 0 Å². The summed E-state index contributed by atoms with van der Waals surface area (Å²) in [6, 6.07) is 0.246. The average molecular weight is 249 g/mol. The average Bonchev–Trinajstić information content (AvgIpc) is 3.02. The zero-order valence-electron chi connectivity index (χ0n) is 8.76. The summed E-state index contributed by atoms with van der Waals surface area (Å²) in [7, 11) is 0. The Morgan fingerprint density at radius 3 is 2.35 bits per heavy atom. The van der Waals surface area contributed by atoms with Crippen LogP contribution in [0.15, 0.2) is 12.1 Å². The van der Waals surface area contributed by atoms with Gasteiger partial charge in [-0.1, -0.05) is 0 Å². The summed E-state index contributed by atoms with van der Waals surface area (Å²) in [5.41, 5.74) is 4.05. The van der Waals surface area contributed by atoms with Gasteiger partial charge >= 0.3 is 6.18 Å².